The first-order valence-corrected chi connectivity index (χ1v) is 13.5. The first-order valence-electron chi connectivity index (χ1n) is 13.5. The Labute approximate surface area is 225 Å². The minimum absolute atomic E-state index is 0.0285. The van der Waals surface area contributed by atoms with Crippen molar-refractivity contribution in [2.45, 2.75) is 52.1 Å². The molecule has 0 saturated carbocycles. The summed E-state index contributed by atoms with van der Waals surface area (Å²) in [6, 6.07) is 21.9. The number of ether oxygens (including phenoxy) is 1. The van der Waals surface area contributed by atoms with Gasteiger partial charge in [-0.25, -0.2) is 4.39 Å². The highest BCUT2D eigenvalue weighted by Crippen LogP contribution is 2.32. The van der Waals surface area contributed by atoms with E-state index in [4.69, 9.17) is 4.74 Å². The van der Waals surface area contributed by atoms with E-state index in [1.807, 2.05) is 44.2 Å². The highest BCUT2D eigenvalue weighted by atomic mass is 19.1. The number of halogens is 1. The van der Waals surface area contributed by atoms with Gasteiger partial charge in [-0.2, -0.15) is 0 Å². The van der Waals surface area contributed by atoms with Crippen LogP contribution in [0.15, 0.2) is 72.8 Å². The number of hydrogen-bond acceptors (Lipinski definition) is 4. The van der Waals surface area contributed by atoms with Crippen molar-refractivity contribution in [3.8, 4) is 5.75 Å². The van der Waals surface area contributed by atoms with Crippen LogP contribution in [0.1, 0.15) is 73.5 Å². The molecule has 1 amide bonds. The second-order valence-corrected chi connectivity index (χ2v) is 10.4. The van der Waals surface area contributed by atoms with Crippen molar-refractivity contribution in [1.82, 2.24) is 4.90 Å². The van der Waals surface area contributed by atoms with Crippen molar-refractivity contribution in [2.75, 3.05) is 25.0 Å². The van der Waals surface area contributed by atoms with Crippen LogP contribution in [0, 0.1) is 11.7 Å². The van der Waals surface area contributed by atoms with Gasteiger partial charge in [0.25, 0.3) is 0 Å². The molecule has 0 aromatic heterocycles. The Balaban J connectivity index is 1.38. The summed E-state index contributed by atoms with van der Waals surface area (Å²) >= 11 is 0. The number of carbonyl (C=O) groups is 2. The summed E-state index contributed by atoms with van der Waals surface area (Å²) < 4.78 is 20.0. The van der Waals surface area contributed by atoms with Crippen molar-refractivity contribution in [2.24, 2.45) is 5.92 Å². The van der Waals surface area contributed by atoms with Gasteiger partial charge in [-0.3, -0.25) is 9.59 Å². The van der Waals surface area contributed by atoms with Gasteiger partial charge in [0.15, 0.2) is 5.78 Å². The van der Waals surface area contributed by atoms with E-state index in [0.29, 0.717) is 17.2 Å². The molecule has 3 aromatic rings. The number of para-hydroxylation sites is 1. The zero-order valence-electron chi connectivity index (χ0n) is 22.5. The lowest BCUT2D eigenvalue weighted by Crippen LogP contribution is -2.34. The summed E-state index contributed by atoms with van der Waals surface area (Å²) in [4.78, 5) is 26.7. The van der Waals surface area contributed by atoms with Crippen LogP contribution in [0.2, 0.25) is 0 Å². The summed E-state index contributed by atoms with van der Waals surface area (Å²) in [5.41, 5.74) is 3.56. The molecule has 1 fully saturated rings. The molecule has 6 heteroatoms. The van der Waals surface area contributed by atoms with E-state index in [9.17, 15) is 14.0 Å². The maximum atomic E-state index is 13.6. The van der Waals surface area contributed by atoms with E-state index in [-0.39, 0.29) is 29.5 Å². The number of Topliss-reactive ketones (excluding diaryl/α,β-unsaturated/α-hetero) is 1. The van der Waals surface area contributed by atoms with Crippen LogP contribution in [0.5, 0.6) is 5.75 Å². The summed E-state index contributed by atoms with van der Waals surface area (Å²) in [5.74, 6) is 0.646. The van der Waals surface area contributed by atoms with E-state index < -0.39 is 0 Å². The largest absolute Gasteiger partial charge is 0.485 e. The molecule has 0 spiro atoms. The van der Waals surface area contributed by atoms with Crippen LogP contribution in [0.4, 0.5) is 10.1 Å². The van der Waals surface area contributed by atoms with Gasteiger partial charge in [0.05, 0.1) is 5.56 Å². The van der Waals surface area contributed by atoms with Gasteiger partial charge in [0.2, 0.25) is 5.91 Å². The third-order valence-corrected chi connectivity index (χ3v) is 7.22. The van der Waals surface area contributed by atoms with Crippen molar-refractivity contribution >= 4 is 17.4 Å². The molecule has 1 unspecified atom stereocenters. The lowest BCUT2D eigenvalue weighted by molar-refractivity contribution is -0.118. The van der Waals surface area contributed by atoms with Crippen LogP contribution in [-0.2, 0) is 4.79 Å². The first kappa shape index (κ1) is 27.5. The minimum atomic E-state index is -0.296. The van der Waals surface area contributed by atoms with Gasteiger partial charge in [0, 0.05) is 24.6 Å². The van der Waals surface area contributed by atoms with Crippen LogP contribution < -0.4 is 10.1 Å². The average molecular weight is 517 g/mol. The van der Waals surface area contributed by atoms with Crippen LogP contribution >= 0.6 is 0 Å². The Morgan fingerprint density at radius 3 is 2.39 bits per heavy atom. The molecule has 200 valence electrons. The topological polar surface area (TPSA) is 58.6 Å². The van der Waals surface area contributed by atoms with E-state index in [0.717, 1.165) is 50.1 Å². The number of nitrogens with zero attached hydrogens (tertiary/aromatic N) is 1. The van der Waals surface area contributed by atoms with Crippen LogP contribution in [0.25, 0.3) is 0 Å². The Kier molecular flexibility index (Phi) is 9.29. The molecule has 4 rings (SSSR count). The molecule has 38 heavy (non-hydrogen) atoms. The number of carbonyl (C=O) groups excluding carboxylic acids is 2. The SMILES string of the molecule is CC(=O)c1ccccc1OC(CCN1CCC(c2cccc(NC(=O)C(C)C)c2)CC1)c1ccc(F)cc1. The maximum Gasteiger partial charge on any atom is 0.226 e. The molecule has 0 aliphatic carbocycles. The zero-order chi connectivity index (χ0) is 27.1. The lowest BCUT2D eigenvalue weighted by atomic mass is 9.89. The van der Waals surface area contributed by atoms with Crippen molar-refractivity contribution < 1.29 is 18.7 Å². The quantitative estimate of drug-likeness (QED) is 0.295. The number of hydrogen-bond donors (Lipinski definition) is 1. The third-order valence-electron chi connectivity index (χ3n) is 7.22. The van der Waals surface area contributed by atoms with Gasteiger partial charge in [-0.15, -0.1) is 0 Å². The van der Waals surface area contributed by atoms with E-state index in [2.05, 4.69) is 22.3 Å². The van der Waals surface area contributed by atoms with Crippen LogP contribution in [0.3, 0.4) is 0 Å². The fraction of sp³-hybridized carbons (Fsp3) is 0.375. The maximum absolute atomic E-state index is 13.6. The van der Waals surface area contributed by atoms with Crippen LogP contribution in [-0.4, -0.2) is 36.2 Å². The Morgan fingerprint density at radius 2 is 1.71 bits per heavy atom. The highest BCUT2D eigenvalue weighted by Gasteiger charge is 2.23. The van der Waals surface area contributed by atoms with E-state index in [1.165, 1.54) is 24.6 Å². The van der Waals surface area contributed by atoms with Crippen molar-refractivity contribution in [1.29, 1.82) is 0 Å². The van der Waals surface area contributed by atoms with Gasteiger partial charge in [-0.05, 0) is 86.3 Å². The molecule has 3 aromatic carbocycles. The smallest absolute Gasteiger partial charge is 0.226 e. The lowest BCUT2D eigenvalue weighted by Gasteiger charge is -2.33. The predicted octanol–water partition coefficient (Wildman–Crippen LogP) is 7.01. The molecule has 1 N–H and O–H groups in total. The number of amides is 1. The second-order valence-electron chi connectivity index (χ2n) is 10.4. The zero-order valence-corrected chi connectivity index (χ0v) is 22.5. The first-order chi connectivity index (χ1) is 18.3. The number of ketones is 1. The molecule has 1 saturated heterocycles. The Bertz CT molecular complexity index is 1230. The van der Waals surface area contributed by atoms with Gasteiger partial charge >= 0.3 is 0 Å². The average Bonchev–Trinajstić information content (AvgIpc) is 2.92. The molecular formula is C32H37FN2O3. The number of rotatable bonds is 10. The number of piperidine rings is 1. The normalized spacial score (nSPS) is 15.3. The van der Waals surface area contributed by atoms with E-state index in [1.54, 1.807) is 18.2 Å². The summed E-state index contributed by atoms with van der Waals surface area (Å²) in [6.07, 6.45) is 2.50. The highest BCUT2D eigenvalue weighted by molar-refractivity contribution is 5.96. The number of nitrogens with one attached hydrogen (secondary N) is 1. The molecular weight excluding hydrogens is 479 g/mol. The minimum Gasteiger partial charge on any atom is -0.485 e. The molecule has 0 radical (unpaired) electrons. The molecule has 0 bridgehead atoms. The second kappa shape index (κ2) is 12.8. The standard InChI is InChI=1S/C32H37FN2O3/c1-22(2)32(37)34-28-8-6-7-26(21-28)24-15-18-35(19-16-24)20-17-30(25-11-13-27(33)14-12-25)38-31-10-5-4-9-29(31)23(3)36/h4-14,21-22,24,30H,15-20H2,1-3H3,(H,34,37). The van der Waals surface area contributed by atoms with Gasteiger partial charge in [0.1, 0.15) is 17.7 Å². The molecule has 5 nitrogen and oxygen atoms in total. The third kappa shape index (κ3) is 7.29. The summed E-state index contributed by atoms with van der Waals surface area (Å²) in [5, 5.41) is 3.00. The number of benzene rings is 3. The molecule has 1 heterocycles. The number of anilines is 1. The summed E-state index contributed by atoms with van der Waals surface area (Å²) in [6.45, 7) is 8.08. The van der Waals surface area contributed by atoms with Gasteiger partial charge < -0.3 is 15.0 Å². The van der Waals surface area contributed by atoms with E-state index >= 15 is 0 Å². The fourth-order valence-corrected chi connectivity index (χ4v) is 4.93. The summed E-state index contributed by atoms with van der Waals surface area (Å²) in [7, 11) is 0. The number of likely N-dealkylation sites (tertiary alicyclic amines) is 1. The van der Waals surface area contributed by atoms with Crippen molar-refractivity contribution in [3.05, 3.63) is 95.3 Å². The Hall–Kier alpha value is -3.51. The van der Waals surface area contributed by atoms with Crippen molar-refractivity contribution in [3.63, 3.8) is 0 Å². The predicted molar refractivity (Wildman–Crippen MR) is 149 cm³/mol. The van der Waals surface area contributed by atoms with Gasteiger partial charge in [-0.1, -0.05) is 50.2 Å². The monoisotopic (exact) mass is 516 g/mol. The fourth-order valence-electron chi connectivity index (χ4n) is 4.93. The molecule has 1 aliphatic heterocycles. The Morgan fingerprint density at radius 1 is 1.00 bits per heavy atom. The molecule has 1 aliphatic rings. The molecule has 1 atom stereocenters.